The molecule has 1 aliphatic rings. The van der Waals surface area contributed by atoms with Gasteiger partial charge in [0.05, 0.1) is 17.2 Å². The maximum atomic E-state index is 13.0. The Morgan fingerprint density at radius 2 is 2.00 bits per heavy atom. The van der Waals surface area contributed by atoms with Crippen molar-refractivity contribution < 1.29 is 24.2 Å². The van der Waals surface area contributed by atoms with Crippen LogP contribution in [0.5, 0.6) is 11.5 Å². The zero-order valence-electron chi connectivity index (χ0n) is 16.9. The molecule has 160 valence electrons. The molecule has 1 fully saturated rings. The monoisotopic (exact) mass is 455 g/mol. The predicted octanol–water partition coefficient (Wildman–Crippen LogP) is 4.68. The van der Waals surface area contributed by atoms with Gasteiger partial charge in [-0.05, 0) is 49.2 Å². The van der Waals surface area contributed by atoms with Crippen molar-refractivity contribution >= 4 is 51.9 Å². The van der Waals surface area contributed by atoms with E-state index < -0.39 is 12.6 Å². The largest absolute Gasteiger partial charge is 0.490 e. The smallest absolute Gasteiger partial charge is 0.341 e. The molecule has 31 heavy (non-hydrogen) atoms. The van der Waals surface area contributed by atoms with Gasteiger partial charge in [0.25, 0.3) is 5.91 Å². The van der Waals surface area contributed by atoms with Crippen LogP contribution in [0.4, 0.5) is 5.69 Å². The van der Waals surface area contributed by atoms with Crippen LogP contribution < -0.4 is 14.4 Å². The molecule has 0 unspecified atom stereocenters. The van der Waals surface area contributed by atoms with E-state index >= 15 is 0 Å². The Morgan fingerprint density at radius 3 is 2.65 bits per heavy atom. The first-order valence-electron chi connectivity index (χ1n) is 9.52. The van der Waals surface area contributed by atoms with Crippen molar-refractivity contribution in [3.05, 3.63) is 71.2 Å². The van der Waals surface area contributed by atoms with Gasteiger partial charge >= 0.3 is 5.97 Å². The summed E-state index contributed by atoms with van der Waals surface area (Å²) in [6, 6.07) is 12.8. The number of thioether (sulfide) groups is 1. The molecule has 3 rings (SSSR count). The summed E-state index contributed by atoms with van der Waals surface area (Å²) in [5.41, 5.74) is 2.15. The molecule has 0 bridgehead atoms. The third-order valence-corrected chi connectivity index (χ3v) is 5.57. The number of carbonyl (C=O) groups is 2. The topological polar surface area (TPSA) is 76.1 Å². The number of anilines is 1. The number of aliphatic carboxylic acids is 1. The minimum absolute atomic E-state index is 0.198. The van der Waals surface area contributed by atoms with Crippen molar-refractivity contribution in [2.75, 3.05) is 18.1 Å². The Balaban J connectivity index is 1.99. The maximum absolute atomic E-state index is 13.0. The van der Waals surface area contributed by atoms with Crippen molar-refractivity contribution in [3.63, 3.8) is 0 Å². The van der Waals surface area contributed by atoms with Gasteiger partial charge in [-0.3, -0.25) is 9.69 Å². The minimum Gasteiger partial charge on any atom is -0.490 e. The van der Waals surface area contributed by atoms with Gasteiger partial charge < -0.3 is 14.6 Å². The van der Waals surface area contributed by atoms with E-state index in [1.807, 2.05) is 43.3 Å². The number of allylic oxidation sites excluding steroid dienone is 1. The third-order valence-electron chi connectivity index (χ3n) is 4.26. The highest BCUT2D eigenvalue weighted by atomic mass is 32.2. The van der Waals surface area contributed by atoms with Gasteiger partial charge in [-0.1, -0.05) is 48.3 Å². The second-order valence-electron chi connectivity index (χ2n) is 6.47. The molecule has 0 aliphatic carbocycles. The minimum atomic E-state index is -1.08. The van der Waals surface area contributed by atoms with Crippen molar-refractivity contribution in [1.29, 1.82) is 0 Å². The number of ether oxygens (including phenoxy) is 2. The lowest BCUT2D eigenvalue weighted by atomic mass is 10.0. The lowest BCUT2D eigenvalue weighted by Gasteiger charge is -2.16. The standard InChI is InChI=1S/C23H21NO5S2/c1-3-8-16-11-15(12-18(28-4-2)21(16)29-14-20(25)26)13-19-22(27)24(23(30)31-19)17-9-6-5-7-10-17/h3,5-7,9-13H,1,4,8,14H2,2H3,(H,25,26)/b19-13+. The summed E-state index contributed by atoms with van der Waals surface area (Å²) < 4.78 is 11.6. The van der Waals surface area contributed by atoms with E-state index in [2.05, 4.69) is 6.58 Å². The summed E-state index contributed by atoms with van der Waals surface area (Å²) in [7, 11) is 0. The molecule has 2 aromatic rings. The van der Waals surface area contributed by atoms with Gasteiger partial charge in [0.1, 0.15) is 0 Å². The van der Waals surface area contributed by atoms with E-state index in [1.165, 1.54) is 16.7 Å². The SMILES string of the molecule is C=CCc1cc(/C=C2/SC(=S)N(c3ccccc3)C2=O)cc(OCC)c1OCC(=O)O. The van der Waals surface area contributed by atoms with Crippen molar-refractivity contribution in [2.45, 2.75) is 13.3 Å². The molecule has 1 amide bonds. The molecule has 2 aromatic carbocycles. The van der Waals surface area contributed by atoms with Gasteiger partial charge in [0.15, 0.2) is 22.4 Å². The molecule has 1 aliphatic heterocycles. The molecule has 0 radical (unpaired) electrons. The Hall–Kier alpha value is -3.10. The number of nitrogens with zero attached hydrogens (tertiary/aromatic N) is 1. The van der Waals surface area contributed by atoms with Crippen LogP contribution in [0.15, 0.2) is 60.0 Å². The summed E-state index contributed by atoms with van der Waals surface area (Å²) in [6.45, 7) is 5.47. The molecule has 1 heterocycles. The number of benzene rings is 2. The Morgan fingerprint density at radius 1 is 1.26 bits per heavy atom. The molecule has 8 heteroatoms. The number of carbonyl (C=O) groups excluding carboxylic acids is 1. The van der Waals surface area contributed by atoms with E-state index in [9.17, 15) is 9.59 Å². The first kappa shape index (κ1) is 22.6. The van der Waals surface area contributed by atoms with Gasteiger partial charge in [-0.25, -0.2) is 4.79 Å². The Labute approximate surface area is 190 Å². The van der Waals surface area contributed by atoms with Gasteiger partial charge in [0, 0.05) is 5.56 Å². The van der Waals surface area contributed by atoms with Crippen LogP contribution in [-0.2, 0) is 16.0 Å². The van der Waals surface area contributed by atoms with Crippen LogP contribution >= 0.6 is 24.0 Å². The number of thiocarbonyl (C=S) groups is 1. The summed E-state index contributed by atoms with van der Waals surface area (Å²) in [5, 5.41) is 8.98. The van der Waals surface area contributed by atoms with Crippen molar-refractivity contribution in [2.24, 2.45) is 0 Å². The second-order valence-corrected chi connectivity index (χ2v) is 8.14. The van der Waals surface area contributed by atoms with E-state index in [1.54, 1.807) is 18.2 Å². The highest BCUT2D eigenvalue weighted by Crippen LogP contribution is 2.38. The van der Waals surface area contributed by atoms with Crippen LogP contribution in [0, 0.1) is 0 Å². The van der Waals surface area contributed by atoms with E-state index in [0.29, 0.717) is 45.0 Å². The normalized spacial score (nSPS) is 14.7. The summed E-state index contributed by atoms with van der Waals surface area (Å²) in [6.07, 6.45) is 3.89. The number of para-hydroxylation sites is 1. The third kappa shape index (κ3) is 5.34. The number of carboxylic acid groups (broad SMARTS) is 1. The van der Waals surface area contributed by atoms with E-state index in [-0.39, 0.29) is 5.91 Å². The number of rotatable bonds is 9. The van der Waals surface area contributed by atoms with Gasteiger partial charge in [-0.2, -0.15) is 0 Å². The van der Waals surface area contributed by atoms with E-state index in [0.717, 1.165) is 5.56 Å². The summed E-state index contributed by atoms with van der Waals surface area (Å²) in [5.74, 6) is -0.512. The quantitative estimate of drug-likeness (QED) is 0.334. The number of carboxylic acids is 1. The molecule has 0 atom stereocenters. The molecular formula is C23H21NO5S2. The van der Waals surface area contributed by atoms with E-state index in [4.69, 9.17) is 26.8 Å². The zero-order chi connectivity index (χ0) is 22.4. The Kier molecular flexibility index (Phi) is 7.49. The first-order valence-corrected chi connectivity index (χ1v) is 10.7. The average molecular weight is 456 g/mol. The highest BCUT2D eigenvalue weighted by Gasteiger charge is 2.33. The number of hydrogen-bond donors (Lipinski definition) is 1. The first-order chi connectivity index (χ1) is 14.9. The fourth-order valence-corrected chi connectivity index (χ4v) is 4.35. The van der Waals surface area contributed by atoms with Gasteiger partial charge in [-0.15, -0.1) is 6.58 Å². The number of hydrogen-bond acceptors (Lipinski definition) is 6. The number of amides is 1. The summed E-state index contributed by atoms with van der Waals surface area (Å²) >= 11 is 6.65. The molecule has 0 saturated carbocycles. The fourth-order valence-electron chi connectivity index (χ4n) is 3.05. The second kappa shape index (κ2) is 10.3. The van der Waals surface area contributed by atoms with Crippen LogP contribution in [0.3, 0.4) is 0 Å². The molecule has 1 N–H and O–H groups in total. The van der Waals surface area contributed by atoms with Crippen molar-refractivity contribution in [1.82, 2.24) is 0 Å². The molecule has 0 spiro atoms. The lowest BCUT2D eigenvalue weighted by molar-refractivity contribution is -0.139. The van der Waals surface area contributed by atoms with Crippen LogP contribution in [-0.4, -0.2) is 34.5 Å². The molecule has 6 nitrogen and oxygen atoms in total. The molecule has 1 saturated heterocycles. The predicted molar refractivity (Wildman–Crippen MR) is 127 cm³/mol. The molecule has 0 aromatic heterocycles. The van der Waals surface area contributed by atoms with Crippen LogP contribution in [0.2, 0.25) is 0 Å². The lowest BCUT2D eigenvalue weighted by Crippen LogP contribution is -2.27. The van der Waals surface area contributed by atoms with Gasteiger partial charge in [0.2, 0.25) is 0 Å². The van der Waals surface area contributed by atoms with Crippen LogP contribution in [0.1, 0.15) is 18.1 Å². The molecular weight excluding hydrogens is 434 g/mol. The highest BCUT2D eigenvalue weighted by molar-refractivity contribution is 8.27. The average Bonchev–Trinajstić information content (AvgIpc) is 3.01. The fraction of sp³-hybridized carbons (Fsp3) is 0.174. The zero-order valence-corrected chi connectivity index (χ0v) is 18.5. The summed E-state index contributed by atoms with van der Waals surface area (Å²) in [4.78, 5) is 26.0. The maximum Gasteiger partial charge on any atom is 0.341 e. The Bertz CT molecular complexity index is 1050. The van der Waals surface area contributed by atoms with Crippen LogP contribution in [0.25, 0.3) is 6.08 Å². The van der Waals surface area contributed by atoms with Crippen molar-refractivity contribution in [3.8, 4) is 11.5 Å².